The summed E-state index contributed by atoms with van der Waals surface area (Å²) in [6.07, 6.45) is 10.0. The van der Waals surface area contributed by atoms with E-state index in [0.29, 0.717) is 18.5 Å². The Morgan fingerprint density at radius 1 is 1.44 bits per heavy atom. The molecule has 0 amide bonds. The van der Waals surface area contributed by atoms with Gasteiger partial charge < -0.3 is 14.8 Å². The summed E-state index contributed by atoms with van der Waals surface area (Å²) in [6.45, 7) is 10.1. The summed E-state index contributed by atoms with van der Waals surface area (Å²) in [5, 5.41) is 4.54. The molecule has 2 unspecified atom stereocenters. The van der Waals surface area contributed by atoms with Crippen LogP contribution in [0.3, 0.4) is 0 Å². The van der Waals surface area contributed by atoms with Gasteiger partial charge in [-0.3, -0.25) is 0 Å². The monoisotopic (exact) mass is 360 g/mol. The normalized spacial score (nSPS) is 21.6. The number of nitrogens with one attached hydrogen (secondary N) is 1. The fourth-order valence-electron chi connectivity index (χ4n) is 3.25. The largest absolute Gasteiger partial charge is 0.357 e. The molecule has 0 radical (unpaired) electrons. The quantitative estimate of drug-likeness (QED) is 0.658. The van der Waals surface area contributed by atoms with Crippen molar-refractivity contribution in [2.75, 3.05) is 19.6 Å². The molecule has 7 heteroatoms. The number of hydrogen-bond donors (Lipinski definition) is 1. The first-order valence-electron chi connectivity index (χ1n) is 9.15. The number of thiazole rings is 1. The van der Waals surface area contributed by atoms with Gasteiger partial charge in [0, 0.05) is 43.1 Å². The van der Waals surface area contributed by atoms with Crippen LogP contribution in [0.5, 0.6) is 0 Å². The average molecular weight is 361 g/mol. The van der Waals surface area contributed by atoms with Crippen LogP contribution in [0.2, 0.25) is 0 Å². The molecular formula is C18H28N6S. The number of nitrogens with zero attached hydrogens (tertiary/aromatic N) is 5. The molecule has 3 heterocycles. The molecule has 1 saturated heterocycles. The maximum atomic E-state index is 4.85. The fraction of sp³-hybridized carbons (Fsp3) is 0.611. The van der Waals surface area contributed by atoms with E-state index in [9.17, 15) is 0 Å². The highest BCUT2D eigenvalue weighted by Crippen LogP contribution is 2.27. The molecule has 0 spiro atoms. The average Bonchev–Trinajstić information content (AvgIpc) is 3.31. The summed E-state index contributed by atoms with van der Waals surface area (Å²) in [6, 6.07) is 0.437. The van der Waals surface area contributed by atoms with Crippen LogP contribution in [0.1, 0.15) is 43.1 Å². The van der Waals surface area contributed by atoms with Crippen molar-refractivity contribution in [3.63, 3.8) is 0 Å². The topological polar surface area (TPSA) is 58.3 Å². The van der Waals surface area contributed by atoms with E-state index in [0.717, 1.165) is 43.4 Å². The maximum absolute atomic E-state index is 4.85. The van der Waals surface area contributed by atoms with Crippen molar-refractivity contribution < 1.29 is 0 Å². The van der Waals surface area contributed by atoms with E-state index in [4.69, 9.17) is 4.99 Å². The Morgan fingerprint density at radius 2 is 2.32 bits per heavy atom. The Bertz CT molecular complexity index is 678. The molecule has 1 fully saturated rings. The first kappa shape index (κ1) is 17.9. The van der Waals surface area contributed by atoms with E-state index in [-0.39, 0.29) is 0 Å². The van der Waals surface area contributed by atoms with Gasteiger partial charge in [-0.15, -0.1) is 11.3 Å². The second-order valence-corrected chi connectivity index (χ2v) is 7.73. The third kappa shape index (κ3) is 4.39. The van der Waals surface area contributed by atoms with Crippen LogP contribution < -0.4 is 5.32 Å². The maximum Gasteiger partial charge on any atom is 0.194 e. The molecule has 3 rings (SSSR count). The molecule has 136 valence electrons. The summed E-state index contributed by atoms with van der Waals surface area (Å²) in [7, 11) is 0. The van der Waals surface area contributed by atoms with Crippen LogP contribution >= 0.6 is 11.3 Å². The number of aryl methyl sites for hydroxylation is 1. The van der Waals surface area contributed by atoms with E-state index in [1.807, 2.05) is 18.7 Å². The highest BCUT2D eigenvalue weighted by atomic mass is 32.1. The highest BCUT2D eigenvalue weighted by Gasteiger charge is 2.28. The molecule has 2 aromatic heterocycles. The van der Waals surface area contributed by atoms with Gasteiger partial charge in [-0.1, -0.05) is 13.8 Å². The standard InChI is InChI=1S/C18H28N6S/c1-4-15-10-21-17(25-15)11-22-18(20-5-2)23-8-6-14(3)16(12-23)24-9-7-19-13-24/h7,9-10,13-14,16H,4-6,8,11-12H2,1-3H3,(H,20,22). The van der Waals surface area contributed by atoms with Crippen LogP contribution in [-0.2, 0) is 13.0 Å². The zero-order chi connectivity index (χ0) is 17.6. The van der Waals surface area contributed by atoms with E-state index < -0.39 is 0 Å². The van der Waals surface area contributed by atoms with E-state index >= 15 is 0 Å². The number of rotatable bonds is 5. The molecule has 1 N–H and O–H groups in total. The molecular weight excluding hydrogens is 332 g/mol. The third-order valence-electron chi connectivity index (χ3n) is 4.77. The Hall–Kier alpha value is -1.89. The fourth-order valence-corrected chi connectivity index (χ4v) is 4.03. The van der Waals surface area contributed by atoms with Crippen molar-refractivity contribution >= 4 is 17.3 Å². The molecule has 6 nitrogen and oxygen atoms in total. The van der Waals surface area contributed by atoms with Gasteiger partial charge in [-0.2, -0.15) is 0 Å². The Morgan fingerprint density at radius 3 is 3.00 bits per heavy atom. The zero-order valence-electron chi connectivity index (χ0n) is 15.4. The van der Waals surface area contributed by atoms with E-state index in [1.165, 1.54) is 4.88 Å². The lowest BCUT2D eigenvalue weighted by atomic mass is 9.93. The van der Waals surface area contributed by atoms with Gasteiger partial charge in [-0.25, -0.2) is 15.0 Å². The van der Waals surface area contributed by atoms with Gasteiger partial charge in [0.2, 0.25) is 0 Å². The molecule has 0 saturated carbocycles. The number of likely N-dealkylation sites (tertiary alicyclic amines) is 1. The Balaban J connectivity index is 1.71. The van der Waals surface area contributed by atoms with Gasteiger partial charge in [0.15, 0.2) is 5.96 Å². The molecule has 0 bridgehead atoms. The number of piperidine rings is 1. The number of imidazole rings is 1. The summed E-state index contributed by atoms with van der Waals surface area (Å²) in [4.78, 5) is 17.3. The summed E-state index contributed by atoms with van der Waals surface area (Å²) < 4.78 is 2.23. The lowest BCUT2D eigenvalue weighted by Gasteiger charge is -2.39. The molecule has 2 aromatic rings. The third-order valence-corrected chi connectivity index (χ3v) is 5.90. The van der Waals surface area contributed by atoms with Gasteiger partial charge >= 0.3 is 0 Å². The van der Waals surface area contributed by atoms with E-state index in [2.05, 4.69) is 51.7 Å². The van der Waals surface area contributed by atoms with Crippen molar-refractivity contribution in [2.24, 2.45) is 10.9 Å². The second-order valence-electron chi connectivity index (χ2n) is 6.53. The predicted octanol–water partition coefficient (Wildman–Crippen LogP) is 2.95. The van der Waals surface area contributed by atoms with Crippen LogP contribution in [0, 0.1) is 5.92 Å². The van der Waals surface area contributed by atoms with Crippen molar-refractivity contribution in [2.45, 2.75) is 46.2 Å². The molecule has 1 aliphatic heterocycles. The van der Waals surface area contributed by atoms with Crippen LogP contribution in [-0.4, -0.2) is 45.0 Å². The van der Waals surface area contributed by atoms with Crippen LogP contribution in [0.25, 0.3) is 0 Å². The predicted molar refractivity (Wildman–Crippen MR) is 103 cm³/mol. The lowest BCUT2D eigenvalue weighted by Crippen LogP contribution is -2.49. The second kappa shape index (κ2) is 8.47. The van der Waals surface area contributed by atoms with Gasteiger partial charge in [0.1, 0.15) is 5.01 Å². The molecule has 2 atom stereocenters. The van der Waals surface area contributed by atoms with Gasteiger partial charge in [-0.05, 0) is 25.7 Å². The molecule has 25 heavy (non-hydrogen) atoms. The number of hydrogen-bond acceptors (Lipinski definition) is 4. The molecule has 1 aliphatic rings. The molecule has 0 aromatic carbocycles. The highest BCUT2D eigenvalue weighted by molar-refractivity contribution is 7.11. The number of aromatic nitrogens is 3. The van der Waals surface area contributed by atoms with E-state index in [1.54, 1.807) is 11.3 Å². The lowest BCUT2D eigenvalue weighted by molar-refractivity contribution is 0.189. The Labute approximate surface area is 154 Å². The summed E-state index contributed by atoms with van der Waals surface area (Å²) in [5.41, 5.74) is 0. The van der Waals surface area contributed by atoms with Crippen molar-refractivity contribution in [1.29, 1.82) is 0 Å². The minimum atomic E-state index is 0.437. The zero-order valence-corrected chi connectivity index (χ0v) is 16.2. The first-order valence-corrected chi connectivity index (χ1v) is 9.97. The van der Waals surface area contributed by atoms with Gasteiger partial charge in [0.25, 0.3) is 0 Å². The molecule has 0 aliphatic carbocycles. The SMILES string of the molecule is CCNC(=NCc1ncc(CC)s1)N1CCC(C)C(n2ccnc2)C1. The minimum Gasteiger partial charge on any atom is -0.357 e. The van der Waals surface area contributed by atoms with Crippen LogP contribution in [0.4, 0.5) is 0 Å². The summed E-state index contributed by atoms with van der Waals surface area (Å²) in [5.74, 6) is 1.63. The Kier molecular flexibility index (Phi) is 6.07. The van der Waals surface area contributed by atoms with Crippen LogP contribution in [0.15, 0.2) is 29.9 Å². The number of guanidine groups is 1. The van der Waals surface area contributed by atoms with Gasteiger partial charge in [0.05, 0.1) is 18.9 Å². The van der Waals surface area contributed by atoms with Crippen molar-refractivity contribution in [3.8, 4) is 0 Å². The minimum absolute atomic E-state index is 0.437. The van der Waals surface area contributed by atoms with Crippen molar-refractivity contribution in [3.05, 3.63) is 34.8 Å². The first-order chi connectivity index (χ1) is 12.2. The van der Waals surface area contributed by atoms with Crippen molar-refractivity contribution in [1.82, 2.24) is 24.8 Å². The summed E-state index contributed by atoms with van der Waals surface area (Å²) >= 11 is 1.76. The number of aliphatic imine (C=N–C) groups is 1. The smallest absolute Gasteiger partial charge is 0.194 e.